The number of hydrogen-bond acceptors (Lipinski definition) is 7. The van der Waals surface area contributed by atoms with Gasteiger partial charge in [-0.1, -0.05) is 12.8 Å². The highest BCUT2D eigenvalue weighted by Gasteiger charge is 2.38. The third-order valence-electron chi connectivity index (χ3n) is 8.49. The van der Waals surface area contributed by atoms with E-state index in [0.29, 0.717) is 24.8 Å². The molecule has 252 valence electrons. The van der Waals surface area contributed by atoms with Crippen LogP contribution in [0.3, 0.4) is 0 Å². The lowest BCUT2D eigenvalue weighted by Crippen LogP contribution is -2.33. The first kappa shape index (κ1) is 35.6. The zero-order chi connectivity index (χ0) is 33.6. The number of aryl methyl sites for hydroxylation is 2. The Morgan fingerprint density at radius 2 is 1.57 bits per heavy atom. The normalized spacial score (nSPS) is 14.8. The third kappa shape index (κ3) is 8.98. The van der Waals surface area contributed by atoms with E-state index < -0.39 is 29.5 Å². The molecule has 1 atom stereocenters. The van der Waals surface area contributed by atoms with E-state index in [4.69, 9.17) is 9.72 Å². The van der Waals surface area contributed by atoms with Crippen molar-refractivity contribution in [3.63, 3.8) is 0 Å². The van der Waals surface area contributed by atoms with E-state index in [1.807, 2.05) is 26.2 Å². The highest BCUT2D eigenvalue weighted by molar-refractivity contribution is 7.98. The molecular formula is C33H41F6N5OS. The van der Waals surface area contributed by atoms with E-state index in [9.17, 15) is 26.3 Å². The fourth-order valence-corrected chi connectivity index (χ4v) is 6.00. The van der Waals surface area contributed by atoms with Crippen LogP contribution in [0.25, 0.3) is 0 Å². The number of ether oxygens (including phenoxy) is 1. The van der Waals surface area contributed by atoms with E-state index >= 15 is 0 Å². The maximum Gasteiger partial charge on any atom is 0.416 e. The molecule has 3 aromatic rings. The Morgan fingerprint density at radius 1 is 0.957 bits per heavy atom. The number of benzene rings is 1. The predicted molar refractivity (Wildman–Crippen MR) is 171 cm³/mol. The molecule has 1 aromatic carbocycles. The van der Waals surface area contributed by atoms with Gasteiger partial charge in [-0.15, -0.1) is 0 Å². The van der Waals surface area contributed by atoms with Crippen LogP contribution in [-0.4, -0.2) is 46.7 Å². The maximum absolute atomic E-state index is 13.8. The molecule has 1 unspecified atom stereocenters. The molecule has 0 amide bonds. The fraction of sp³-hybridized carbons (Fsp3) is 0.545. The highest BCUT2D eigenvalue weighted by Crippen LogP contribution is 2.39. The summed E-state index contributed by atoms with van der Waals surface area (Å²) < 4.78 is 88.7. The molecule has 1 fully saturated rings. The lowest BCUT2D eigenvalue weighted by Gasteiger charge is -2.33. The van der Waals surface area contributed by atoms with Crippen molar-refractivity contribution in [2.45, 2.75) is 78.3 Å². The Kier molecular flexibility index (Phi) is 11.7. The van der Waals surface area contributed by atoms with Gasteiger partial charge in [-0.05, 0) is 88.1 Å². The summed E-state index contributed by atoms with van der Waals surface area (Å²) in [7, 11) is 0. The summed E-state index contributed by atoms with van der Waals surface area (Å²) in [4.78, 5) is 17.7. The van der Waals surface area contributed by atoms with Crippen molar-refractivity contribution in [2.24, 2.45) is 5.92 Å². The Bertz CT molecular complexity index is 1410. The molecule has 0 spiro atoms. The van der Waals surface area contributed by atoms with Crippen LogP contribution in [0, 0.1) is 19.8 Å². The van der Waals surface area contributed by atoms with Crippen molar-refractivity contribution in [3.05, 3.63) is 70.2 Å². The minimum Gasteiger partial charge on any atom is -0.489 e. The number of aromatic nitrogens is 3. The first-order chi connectivity index (χ1) is 21.7. The topological polar surface area (TPSA) is 54.4 Å². The van der Waals surface area contributed by atoms with Crippen molar-refractivity contribution in [1.82, 2.24) is 15.0 Å². The smallest absolute Gasteiger partial charge is 0.416 e. The average Bonchev–Trinajstić information content (AvgIpc) is 3.53. The molecule has 46 heavy (non-hydrogen) atoms. The van der Waals surface area contributed by atoms with Crippen LogP contribution >= 0.6 is 11.8 Å². The Labute approximate surface area is 271 Å². The standard InChI is InChI=1S/C33H41F6N5OS/c1-6-43(19-24-9-7-8-10-24)30-26(13-21(2)22(3)42-30)20-44(31-40-17-29(18-41-31)45-11-12-46-5)23(4)25-14-27(32(34,35)36)16-28(15-25)33(37,38)39/h13-18,23-24H,6-12,19-20H2,1-5H3. The quantitative estimate of drug-likeness (QED) is 0.133. The maximum atomic E-state index is 13.8. The van der Waals surface area contributed by atoms with Gasteiger partial charge in [-0.3, -0.25) is 0 Å². The van der Waals surface area contributed by atoms with E-state index in [1.165, 1.54) is 25.2 Å². The SMILES string of the molecule is CCN(CC1CCCC1)c1nc(C)c(C)cc1CN(c1ncc(OCCSC)cn1)C(C)c1cc(C(F)(F)F)cc(C(F)(F)F)c1. The Balaban J connectivity index is 1.81. The lowest BCUT2D eigenvalue weighted by molar-refractivity contribution is -0.143. The van der Waals surface area contributed by atoms with Crippen LogP contribution in [0.4, 0.5) is 38.1 Å². The van der Waals surface area contributed by atoms with Crippen LogP contribution in [-0.2, 0) is 18.9 Å². The number of anilines is 2. The van der Waals surface area contributed by atoms with Gasteiger partial charge in [-0.25, -0.2) is 15.0 Å². The average molecular weight is 670 g/mol. The molecular weight excluding hydrogens is 628 g/mol. The summed E-state index contributed by atoms with van der Waals surface area (Å²) in [6, 6.07) is 2.69. The van der Waals surface area contributed by atoms with E-state index in [0.717, 1.165) is 59.9 Å². The van der Waals surface area contributed by atoms with Gasteiger partial charge in [-0.2, -0.15) is 38.1 Å². The molecule has 6 nitrogen and oxygen atoms in total. The summed E-state index contributed by atoms with van der Waals surface area (Å²) in [5.41, 5.74) is -0.363. The van der Waals surface area contributed by atoms with Crippen molar-refractivity contribution in [3.8, 4) is 5.75 Å². The third-order valence-corrected chi connectivity index (χ3v) is 9.06. The molecule has 2 heterocycles. The lowest BCUT2D eigenvalue weighted by atomic mass is 9.99. The van der Waals surface area contributed by atoms with Gasteiger partial charge in [0.15, 0.2) is 5.75 Å². The number of halogens is 6. The second kappa shape index (κ2) is 15.1. The second-order valence-electron chi connectivity index (χ2n) is 11.8. The number of rotatable bonds is 13. The summed E-state index contributed by atoms with van der Waals surface area (Å²) in [5, 5.41) is 0. The molecule has 1 aliphatic rings. The summed E-state index contributed by atoms with van der Waals surface area (Å²) in [5.74, 6) is 2.56. The van der Waals surface area contributed by atoms with E-state index in [1.54, 1.807) is 23.6 Å². The molecule has 4 rings (SSSR count). The van der Waals surface area contributed by atoms with Gasteiger partial charge in [0.05, 0.1) is 42.7 Å². The Morgan fingerprint density at radius 3 is 2.11 bits per heavy atom. The molecule has 0 N–H and O–H groups in total. The van der Waals surface area contributed by atoms with Gasteiger partial charge in [0.25, 0.3) is 0 Å². The van der Waals surface area contributed by atoms with Crippen LogP contribution in [0.2, 0.25) is 0 Å². The van der Waals surface area contributed by atoms with Gasteiger partial charge >= 0.3 is 12.4 Å². The van der Waals surface area contributed by atoms with E-state index in [2.05, 4.69) is 21.8 Å². The van der Waals surface area contributed by atoms with Gasteiger partial charge < -0.3 is 14.5 Å². The molecule has 0 aliphatic heterocycles. The first-order valence-corrected chi connectivity index (χ1v) is 16.8. The van der Waals surface area contributed by atoms with Crippen LogP contribution in [0.1, 0.15) is 79.1 Å². The monoisotopic (exact) mass is 669 g/mol. The zero-order valence-electron chi connectivity index (χ0n) is 26.8. The van der Waals surface area contributed by atoms with Crippen LogP contribution < -0.4 is 14.5 Å². The van der Waals surface area contributed by atoms with Gasteiger partial charge in [0, 0.05) is 30.1 Å². The zero-order valence-corrected chi connectivity index (χ0v) is 27.6. The molecule has 13 heteroatoms. The van der Waals surface area contributed by atoms with Gasteiger partial charge in [0.1, 0.15) is 5.82 Å². The molecule has 0 bridgehead atoms. The van der Waals surface area contributed by atoms with E-state index in [-0.39, 0.29) is 24.1 Å². The molecule has 1 aliphatic carbocycles. The number of hydrogen-bond donors (Lipinski definition) is 0. The second-order valence-corrected chi connectivity index (χ2v) is 12.8. The summed E-state index contributed by atoms with van der Waals surface area (Å²) in [6.07, 6.45) is -0.422. The number of thioether (sulfide) groups is 1. The number of pyridine rings is 1. The fourth-order valence-electron chi connectivity index (χ4n) is 5.75. The van der Waals surface area contributed by atoms with Crippen molar-refractivity contribution in [2.75, 3.05) is 41.5 Å². The molecule has 0 radical (unpaired) electrons. The largest absolute Gasteiger partial charge is 0.489 e. The van der Waals surface area contributed by atoms with Crippen molar-refractivity contribution in [1.29, 1.82) is 0 Å². The molecule has 2 aromatic heterocycles. The minimum atomic E-state index is -4.97. The Hall–Kier alpha value is -3.22. The molecule has 1 saturated carbocycles. The van der Waals surface area contributed by atoms with Crippen LogP contribution in [0.15, 0.2) is 36.7 Å². The number of nitrogens with zero attached hydrogens (tertiary/aromatic N) is 5. The highest BCUT2D eigenvalue weighted by atomic mass is 32.2. The van der Waals surface area contributed by atoms with Crippen molar-refractivity contribution < 1.29 is 31.1 Å². The first-order valence-electron chi connectivity index (χ1n) is 15.4. The number of alkyl halides is 6. The van der Waals surface area contributed by atoms with Crippen molar-refractivity contribution >= 4 is 23.5 Å². The summed E-state index contributed by atoms with van der Waals surface area (Å²) >= 11 is 1.61. The van der Waals surface area contributed by atoms with Crippen LogP contribution in [0.5, 0.6) is 5.75 Å². The molecule has 0 saturated heterocycles. The summed E-state index contributed by atoms with van der Waals surface area (Å²) in [6.45, 7) is 9.49. The predicted octanol–water partition coefficient (Wildman–Crippen LogP) is 9.05. The van der Waals surface area contributed by atoms with Gasteiger partial charge in [0.2, 0.25) is 5.95 Å². The minimum absolute atomic E-state index is 0.0933.